The molecule has 0 atom stereocenters. The zero-order chi connectivity index (χ0) is 65.4. The first-order valence-corrected chi connectivity index (χ1v) is 30.5. The standard InChI is InChI=1S/C22H26N2O2.C19H20F3N5O.C19H23N5O.C5H3ClF3N3.3CH4.ClH/c1-15-12-17(23)13-19-20(15)21(25)24(22(19)10-4-3-5-11-22)14-16-6-8-18(26-2)9-7-16;1-10-7-11(26-16-14(19(20,21)22)15(23)24-9-25-16)8-12-13(10)17(28)27-18(12)5-3-2-4-6-18;1-11-8-13(23-17-12(2)16(20)21-10-22-17)9-14-15(11)18(25)24-19(14)6-4-3-5-7-19;6-3-2(5(7,8)9)4(10)12-1-11-3;;;;/h6-9,12-13H,3-5,10-11,14,23H2,1-2H3;7-9H,2-6H2,1H3,(H,27,28)(H3,23,24,25,26);8-10H,3-7H2,1-2H3,(H,24,25)(H3,20,21,22,23);1H,(H2,10,11,12);3*1H4;1H. The van der Waals surface area contributed by atoms with E-state index in [-0.39, 0.29) is 63.5 Å². The van der Waals surface area contributed by atoms with Crippen molar-refractivity contribution in [3.63, 3.8) is 0 Å². The van der Waals surface area contributed by atoms with Crippen molar-refractivity contribution in [2.45, 2.75) is 182 Å². The van der Waals surface area contributed by atoms with Crippen LogP contribution in [0.5, 0.6) is 5.75 Å². The molecule has 7 aromatic rings. The molecule has 13 rings (SSSR count). The number of nitrogens with two attached hydrogens (primary N) is 4. The summed E-state index contributed by atoms with van der Waals surface area (Å²) >= 11 is 5.16. The molecule has 6 heterocycles. The average Bonchev–Trinajstić information content (AvgIpc) is 1.58. The number of carbonyl (C=O) groups excluding carboxylic acids is 3. The van der Waals surface area contributed by atoms with Crippen LogP contribution >= 0.6 is 24.0 Å². The van der Waals surface area contributed by atoms with Crippen molar-refractivity contribution in [2.24, 2.45) is 0 Å². The van der Waals surface area contributed by atoms with Gasteiger partial charge in [-0.3, -0.25) is 14.4 Å². The maximum Gasteiger partial charge on any atom is 0.423 e. The van der Waals surface area contributed by atoms with Crippen molar-refractivity contribution >= 4 is 87.9 Å². The zero-order valence-corrected chi connectivity index (χ0v) is 53.0. The minimum Gasteiger partial charge on any atom is -0.497 e. The Morgan fingerprint density at radius 2 is 0.979 bits per heavy atom. The van der Waals surface area contributed by atoms with Gasteiger partial charge in [0.15, 0.2) is 0 Å². The van der Waals surface area contributed by atoms with Gasteiger partial charge in [-0.05, 0) is 154 Å². The van der Waals surface area contributed by atoms with Crippen molar-refractivity contribution in [3.05, 3.63) is 157 Å². The van der Waals surface area contributed by atoms with Crippen LogP contribution in [0, 0.1) is 27.7 Å². The Morgan fingerprint density at radius 1 is 0.547 bits per heavy atom. The van der Waals surface area contributed by atoms with Crippen LogP contribution < -0.4 is 48.9 Å². The third-order valence-corrected chi connectivity index (χ3v) is 18.5. The Morgan fingerprint density at radius 3 is 1.44 bits per heavy atom. The molecule has 6 aliphatic rings. The maximum atomic E-state index is 13.4. The maximum absolute atomic E-state index is 13.4. The van der Waals surface area contributed by atoms with Gasteiger partial charge in [0.2, 0.25) is 0 Å². The minimum absolute atomic E-state index is 0. The van der Waals surface area contributed by atoms with E-state index in [0.29, 0.717) is 35.0 Å². The van der Waals surface area contributed by atoms with E-state index in [2.05, 4.69) is 62.1 Å². The third-order valence-electron chi connectivity index (χ3n) is 18.2. The van der Waals surface area contributed by atoms with E-state index in [4.69, 9.17) is 39.3 Å². The normalized spacial score (nSPS) is 16.5. The number of aryl methyl sites for hydroxylation is 3. The van der Waals surface area contributed by atoms with Crippen LogP contribution in [0.1, 0.15) is 205 Å². The number of anilines is 8. The summed E-state index contributed by atoms with van der Waals surface area (Å²) in [5, 5.41) is 11.8. The number of nitrogens with zero attached hydrogens (tertiary/aromatic N) is 7. The van der Waals surface area contributed by atoms with E-state index < -0.39 is 51.6 Å². The van der Waals surface area contributed by atoms with Crippen LogP contribution in [-0.2, 0) is 35.5 Å². The van der Waals surface area contributed by atoms with E-state index in [9.17, 15) is 40.7 Å². The first-order valence-electron chi connectivity index (χ1n) is 30.1. The second-order valence-electron chi connectivity index (χ2n) is 24.1. The monoisotopic (exact) mass is 1360 g/mol. The number of hydrogen-bond acceptors (Lipinski definition) is 16. The van der Waals surface area contributed by atoms with Gasteiger partial charge in [0.1, 0.15) is 70.1 Å². The molecule has 0 bridgehead atoms. The highest BCUT2D eigenvalue weighted by Gasteiger charge is 2.51. The molecule has 12 N–H and O–H groups in total. The lowest BCUT2D eigenvalue weighted by Gasteiger charge is -2.42. The van der Waals surface area contributed by atoms with Gasteiger partial charge in [0.25, 0.3) is 17.7 Å². The van der Waals surface area contributed by atoms with Crippen LogP contribution in [0.25, 0.3) is 0 Å². The first kappa shape index (κ1) is 75.3. The van der Waals surface area contributed by atoms with Crippen molar-refractivity contribution in [1.82, 2.24) is 45.4 Å². The number of halogens is 8. The lowest BCUT2D eigenvalue weighted by atomic mass is 9.76. The summed E-state index contributed by atoms with van der Waals surface area (Å²) in [6, 6.07) is 19.5. The number of hydrogen-bond donors (Lipinski definition) is 8. The number of nitrogen functional groups attached to an aromatic ring is 4. The van der Waals surface area contributed by atoms with E-state index in [1.165, 1.54) is 19.2 Å². The molecule has 3 saturated carbocycles. The summed E-state index contributed by atoms with van der Waals surface area (Å²) in [4.78, 5) is 62.4. The Hall–Kier alpha value is -8.71. The molecule has 3 aromatic heterocycles. The Balaban J connectivity index is 0.000000204. The summed E-state index contributed by atoms with van der Waals surface area (Å²) in [5.41, 5.74) is 31.5. The Bertz CT molecular complexity index is 3910. The fourth-order valence-corrected chi connectivity index (χ4v) is 14.1. The van der Waals surface area contributed by atoms with Crippen LogP contribution in [0.3, 0.4) is 0 Å². The number of ether oxygens (including phenoxy) is 1. The van der Waals surface area contributed by atoms with Gasteiger partial charge < -0.3 is 53.8 Å². The highest BCUT2D eigenvalue weighted by Crippen LogP contribution is 2.52. The van der Waals surface area contributed by atoms with Crippen molar-refractivity contribution < 1.29 is 45.5 Å². The summed E-state index contributed by atoms with van der Waals surface area (Å²) in [6.07, 6.45) is 9.90. The predicted molar refractivity (Wildman–Crippen MR) is 363 cm³/mol. The van der Waals surface area contributed by atoms with Gasteiger partial charge in [-0.25, -0.2) is 29.9 Å². The Labute approximate surface area is 561 Å². The molecule has 512 valence electrons. The number of fused-ring (bicyclic) bond motifs is 6. The average molecular weight is 1360 g/mol. The SMILES string of the molecule is C.C.C.COc1ccc(CN2C(=O)c3c(C)cc(N)cc3C23CCCCC3)cc1.Cc1cc(Nc2ncnc(N)c2C(F)(F)F)cc2c1C(=O)NC21CCCCC1.Cc1cc(Nc2ncnc(N)c2C)cc2c1C(=O)NC21CCCCC1.Cl.Nc1ncnc(Cl)c1C(F)(F)F. The number of benzene rings is 4. The molecule has 27 heteroatoms. The molecule has 4 aromatic carbocycles. The van der Waals surface area contributed by atoms with Gasteiger partial charge in [0.05, 0.1) is 23.7 Å². The first-order chi connectivity index (χ1) is 43.2. The lowest BCUT2D eigenvalue weighted by molar-refractivity contribution is -0.137. The molecule has 3 aliphatic carbocycles. The Kier molecular flexibility index (Phi) is 23.7. The van der Waals surface area contributed by atoms with Gasteiger partial charge in [-0.15, -0.1) is 12.4 Å². The third kappa shape index (κ3) is 15.2. The minimum atomic E-state index is -4.69. The zero-order valence-electron chi connectivity index (χ0n) is 51.4. The number of amides is 3. The topological polar surface area (TPSA) is 293 Å². The summed E-state index contributed by atoms with van der Waals surface area (Å²) in [6.45, 7) is 8.29. The van der Waals surface area contributed by atoms with Crippen LogP contribution in [0.4, 0.5) is 72.5 Å². The van der Waals surface area contributed by atoms with Crippen molar-refractivity contribution in [2.75, 3.05) is 40.7 Å². The van der Waals surface area contributed by atoms with Gasteiger partial charge in [0, 0.05) is 45.9 Å². The molecular weight excluding hydrogens is 1280 g/mol. The van der Waals surface area contributed by atoms with E-state index in [1.54, 1.807) is 26.2 Å². The summed E-state index contributed by atoms with van der Waals surface area (Å²) in [5.74, 6) is 0.376. The fraction of sp³-hybridized carbons (Fsp3) is 0.426. The molecule has 0 unspecified atom stereocenters. The highest BCUT2D eigenvalue weighted by atomic mass is 35.5. The van der Waals surface area contributed by atoms with Crippen LogP contribution in [-0.4, -0.2) is 59.6 Å². The van der Waals surface area contributed by atoms with Crippen molar-refractivity contribution in [1.29, 1.82) is 0 Å². The number of rotatable bonds is 7. The molecule has 3 amide bonds. The smallest absolute Gasteiger partial charge is 0.423 e. The molecular formula is C68H85Cl2F6N15O4. The van der Waals surface area contributed by atoms with Crippen LogP contribution in [0.15, 0.2) is 79.6 Å². The predicted octanol–water partition coefficient (Wildman–Crippen LogP) is 15.8. The van der Waals surface area contributed by atoms with Crippen molar-refractivity contribution in [3.8, 4) is 5.75 Å². The molecule has 3 aliphatic heterocycles. The second-order valence-corrected chi connectivity index (χ2v) is 24.5. The van der Waals surface area contributed by atoms with Crippen LogP contribution in [0.2, 0.25) is 5.15 Å². The largest absolute Gasteiger partial charge is 0.497 e. The number of methoxy groups -OCH3 is 1. The number of nitrogens with one attached hydrogen (secondary N) is 4. The molecule has 3 spiro atoms. The molecule has 0 saturated heterocycles. The summed E-state index contributed by atoms with van der Waals surface area (Å²) < 4.78 is 81.6. The highest BCUT2D eigenvalue weighted by molar-refractivity contribution is 6.30. The summed E-state index contributed by atoms with van der Waals surface area (Å²) in [7, 11) is 1.67. The molecule has 0 radical (unpaired) electrons. The number of carbonyl (C=O) groups is 3. The van der Waals surface area contributed by atoms with E-state index in [1.807, 2.05) is 63.2 Å². The lowest BCUT2D eigenvalue weighted by Crippen LogP contribution is -2.44. The number of alkyl halides is 6. The van der Waals surface area contributed by atoms with E-state index in [0.717, 1.165) is 163 Å². The molecule has 19 nitrogen and oxygen atoms in total. The van der Waals surface area contributed by atoms with Gasteiger partial charge >= 0.3 is 12.4 Å². The van der Waals surface area contributed by atoms with Gasteiger partial charge in [-0.1, -0.05) is 104 Å². The molecule has 95 heavy (non-hydrogen) atoms. The fourth-order valence-electron chi connectivity index (χ4n) is 13.9. The number of aromatic nitrogens is 6. The quantitative estimate of drug-likeness (QED) is 0.0418. The molecule has 3 fully saturated rings. The second kappa shape index (κ2) is 29.9. The van der Waals surface area contributed by atoms with E-state index >= 15 is 0 Å². The van der Waals surface area contributed by atoms with Gasteiger partial charge in [-0.2, -0.15) is 26.3 Å².